The molecule has 0 bridgehead atoms. The molecule has 1 atom stereocenters. The van der Waals surface area contributed by atoms with E-state index in [0.717, 1.165) is 12.5 Å². The Kier molecular flexibility index (Phi) is 8.03. The topological polar surface area (TPSA) is 12.0 Å². The van der Waals surface area contributed by atoms with Crippen LogP contribution < -0.4 is 5.32 Å². The van der Waals surface area contributed by atoms with E-state index >= 15 is 0 Å². The van der Waals surface area contributed by atoms with Gasteiger partial charge in [-0.3, -0.25) is 0 Å². The Balaban J connectivity index is 3.20. The summed E-state index contributed by atoms with van der Waals surface area (Å²) in [7, 11) is 0. The van der Waals surface area contributed by atoms with Gasteiger partial charge in [0.2, 0.25) is 0 Å². The Labute approximate surface area is 71.6 Å². The number of nitrogens with one attached hydrogen (secondary N) is 1. The normalized spacial score (nSPS) is 13.4. The van der Waals surface area contributed by atoms with E-state index in [1.54, 1.807) is 0 Å². The third-order valence-corrected chi connectivity index (χ3v) is 2.25. The summed E-state index contributed by atoms with van der Waals surface area (Å²) in [5.41, 5.74) is 0. The summed E-state index contributed by atoms with van der Waals surface area (Å²) in [4.78, 5) is 0. The number of hydrogen-bond donors (Lipinski definition) is 1. The van der Waals surface area contributed by atoms with Gasteiger partial charge in [0.25, 0.3) is 0 Å². The molecule has 1 unspecified atom stereocenters. The van der Waals surface area contributed by atoms with Crippen molar-refractivity contribution >= 4 is 0 Å². The maximum Gasteiger partial charge on any atom is -0.00464 e. The molecule has 0 amide bonds. The second-order valence-electron chi connectivity index (χ2n) is 3.21. The molecule has 0 aliphatic heterocycles. The molecule has 0 rings (SSSR count). The van der Waals surface area contributed by atoms with Crippen LogP contribution in [0.1, 0.15) is 46.5 Å². The molecule has 1 nitrogen and oxygen atoms in total. The van der Waals surface area contributed by atoms with Crippen molar-refractivity contribution in [2.24, 2.45) is 5.92 Å². The summed E-state index contributed by atoms with van der Waals surface area (Å²) in [6.07, 6.45) is 5.45. The van der Waals surface area contributed by atoms with Gasteiger partial charge in [-0.05, 0) is 25.4 Å². The quantitative estimate of drug-likeness (QED) is 0.560. The van der Waals surface area contributed by atoms with Crippen molar-refractivity contribution in [2.45, 2.75) is 46.5 Å². The predicted molar refractivity (Wildman–Crippen MR) is 51.8 cm³/mol. The van der Waals surface area contributed by atoms with Gasteiger partial charge in [-0.1, -0.05) is 40.0 Å². The highest BCUT2D eigenvalue weighted by Crippen LogP contribution is 2.13. The molecule has 68 valence electrons. The van der Waals surface area contributed by atoms with E-state index in [9.17, 15) is 0 Å². The molecule has 1 N–H and O–H groups in total. The lowest BCUT2D eigenvalue weighted by Crippen LogP contribution is -2.17. The molecule has 0 saturated heterocycles. The summed E-state index contributed by atoms with van der Waals surface area (Å²) >= 11 is 0. The average molecular weight is 157 g/mol. The average Bonchev–Trinajstić information content (AvgIpc) is 2.03. The molecular weight excluding hydrogens is 134 g/mol. The maximum absolute atomic E-state index is 3.37. The number of hydrogen-bond acceptors (Lipinski definition) is 1. The molecule has 11 heavy (non-hydrogen) atoms. The third-order valence-electron chi connectivity index (χ3n) is 2.25. The van der Waals surface area contributed by atoms with E-state index in [4.69, 9.17) is 0 Å². The fourth-order valence-corrected chi connectivity index (χ4v) is 1.44. The lowest BCUT2D eigenvalue weighted by molar-refractivity contribution is 0.421. The van der Waals surface area contributed by atoms with Crippen molar-refractivity contribution in [1.82, 2.24) is 5.32 Å². The maximum atomic E-state index is 3.37. The standard InChI is InChI=1S/C10H23N/c1-4-7-10(5-2)8-9-11-6-3/h10-11H,4-9H2,1-3H3. The predicted octanol–water partition coefficient (Wildman–Crippen LogP) is 2.81. The van der Waals surface area contributed by atoms with Gasteiger partial charge in [0.05, 0.1) is 0 Å². The van der Waals surface area contributed by atoms with Gasteiger partial charge in [0.15, 0.2) is 0 Å². The fraction of sp³-hybridized carbons (Fsp3) is 1.00. The highest BCUT2D eigenvalue weighted by Gasteiger charge is 2.02. The fourth-order valence-electron chi connectivity index (χ4n) is 1.44. The third kappa shape index (κ3) is 6.36. The van der Waals surface area contributed by atoms with E-state index in [2.05, 4.69) is 26.1 Å². The SMILES string of the molecule is CCCC(CC)CCNCC. The largest absolute Gasteiger partial charge is 0.317 e. The molecule has 0 aromatic carbocycles. The van der Waals surface area contributed by atoms with Gasteiger partial charge in [-0.25, -0.2) is 0 Å². The molecule has 0 aliphatic rings. The van der Waals surface area contributed by atoms with Crippen LogP contribution >= 0.6 is 0 Å². The first kappa shape index (κ1) is 11.0. The molecule has 0 saturated carbocycles. The Bertz CT molecular complexity index is 71.3. The molecule has 0 aromatic rings. The van der Waals surface area contributed by atoms with Gasteiger partial charge in [-0.15, -0.1) is 0 Å². The van der Waals surface area contributed by atoms with Crippen LogP contribution in [0.3, 0.4) is 0 Å². The van der Waals surface area contributed by atoms with Gasteiger partial charge < -0.3 is 5.32 Å². The highest BCUT2D eigenvalue weighted by atomic mass is 14.8. The van der Waals surface area contributed by atoms with Crippen molar-refractivity contribution < 1.29 is 0 Å². The van der Waals surface area contributed by atoms with Gasteiger partial charge >= 0.3 is 0 Å². The van der Waals surface area contributed by atoms with E-state index in [1.807, 2.05) is 0 Å². The molecule has 0 spiro atoms. The number of rotatable bonds is 7. The second kappa shape index (κ2) is 8.06. The zero-order valence-electron chi connectivity index (χ0n) is 8.32. The van der Waals surface area contributed by atoms with Crippen molar-refractivity contribution in [3.63, 3.8) is 0 Å². The van der Waals surface area contributed by atoms with Gasteiger partial charge in [0.1, 0.15) is 0 Å². The minimum atomic E-state index is 0.957. The van der Waals surface area contributed by atoms with E-state index in [0.29, 0.717) is 0 Å². The Morgan fingerprint density at radius 1 is 1.09 bits per heavy atom. The minimum absolute atomic E-state index is 0.957. The monoisotopic (exact) mass is 157 g/mol. The Morgan fingerprint density at radius 2 is 1.82 bits per heavy atom. The second-order valence-corrected chi connectivity index (χ2v) is 3.21. The first-order valence-corrected chi connectivity index (χ1v) is 5.05. The summed E-state index contributed by atoms with van der Waals surface area (Å²) in [5.74, 6) is 0.957. The molecule has 1 heteroatoms. The van der Waals surface area contributed by atoms with Gasteiger partial charge in [-0.2, -0.15) is 0 Å². The minimum Gasteiger partial charge on any atom is -0.317 e. The first-order valence-electron chi connectivity index (χ1n) is 5.05. The zero-order chi connectivity index (χ0) is 8.53. The molecular formula is C10H23N. The van der Waals surface area contributed by atoms with Crippen LogP contribution in [-0.2, 0) is 0 Å². The van der Waals surface area contributed by atoms with Crippen molar-refractivity contribution in [3.8, 4) is 0 Å². The smallest absolute Gasteiger partial charge is 0.00464 e. The summed E-state index contributed by atoms with van der Waals surface area (Å²) in [5, 5.41) is 3.37. The van der Waals surface area contributed by atoms with Crippen LogP contribution in [0.5, 0.6) is 0 Å². The van der Waals surface area contributed by atoms with E-state index in [1.165, 1.54) is 32.2 Å². The zero-order valence-corrected chi connectivity index (χ0v) is 8.32. The summed E-state index contributed by atoms with van der Waals surface area (Å²) in [6.45, 7) is 9.06. The first-order chi connectivity index (χ1) is 5.35. The van der Waals surface area contributed by atoms with Crippen molar-refractivity contribution in [1.29, 1.82) is 0 Å². The van der Waals surface area contributed by atoms with Crippen LogP contribution in [0, 0.1) is 5.92 Å². The van der Waals surface area contributed by atoms with Crippen molar-refractivity contribution in [2.75, 3.05) is 13.1 Å². The van der Waals surface area contributed by atoms with Gasteiger partial charge in [0, 0.05) is 0 Å². The van der Waals surface area contributed by atoms with E-state index < -0.39 is 0 Å². The molecule has 0 radical (unpaired) electrons. The summed E-state index contributed by atoms with van der Waals surface area (Å²) in [6, 6.07) is 0. The molecule has 0 aliphatic carbocycles. The Hall–Kier alpha value is -0.0400. The van der Waals surface area contributed by atoms with Crippen LogP contribution in [0.2, 0.25) is 0 Å². The molecule has 0 aromatic heterocycles. The van der Waals surface area contributed by atoms with Crippen LogP contribution in [0.15, 0.2) is 0 Å². The summed E-state index contributed by atoms with van der Waals surface area (Å²) < 4.78 is 0. The van der Waals surface area contributed by atoms with Crippen LogP contribution in [0.4, 0.5) is 0 Å². The van der Waals surface area contributed by atoms with Crippen molar-refractivity contribution in [3.05, 3.63) is 0 Å². The highest BCUT2D eigenvalue weighted by molar-refractivity contribution is 4.58. The van der Waals surface area contributed by atoms with E-state index in [-0.39, 0.29) is 0 Å². The van der Waals surface area contributed by atoms with Crippen LogP contribution in [0.25, 0.3) is 0 Å². The lowest BCUT2D eigenvalue weighted by Gasteiger charge is -2.12. The Morgan fingerprint density at radius 3 is 2.27 bits per heavy atom. The molecule has 0 heterocycles. The lowest BCUT2D eigenvalue weighted by atomic mass is 9.97. The van der Waals surface area contributed by atoms with Crippen LogP contribution in [-0.4, -0.2) is 13.1 Å². The molecule has 0 fully saturated rings.